The van der Waals surface area contributed by atoms with Gasteiger partial charge >= 0.3 is 5.97 Å². The van der Waals surface area contributed by atoms with Crippen molar-refractivity contribution in [3.63, 3.8) is 0 Å². The molecule has 0 aliphatic heterocycles. The number of nitrogens with one attached hydrogen (secondary N) is 1. The van der Waals surface area contributed by atoms with Crippen molar-refractivity contribution >= 4 is 17.3 Å². The van der Waals surface area contributed by atoms with Crippen molar-refractivity contribution in [1.82, 2.24) is 10.3 Å². The Morgan fingerprint density at radius 2 is 2.62 bits per heavy atom. The quantitative estimate of drug-likeness (QED) is 0.736. The number of hydrogen-bond acceptors (Lipinski definition) is 5. The standard InChI is InChI=1S/C8H12N2O2S/c1-3-12-8(11)7(9-2)6-4-10-5-13-6/h4-5,7,9H,3H2,1-2H3. The zero-order valence-electron chi connectivity index (χ0n) is 7.61. The number of likely N-dealkylation sites (N-methyl/N-ethyl adjacent to an activating group) is 1. The second-order valence-electron chi connectivity index (χ2n) is 2.38. The van der Waals surface area contributed by atoms with Gasteiger partial charge in [0, 0.05) is 6.20 Å². The topological polar surface area (TPSA) is 51.2 Å². The lowest BCUT2D eigenvalue weighted by Crippen LogP contribution is -2.26. The van der Waals surface area contributed by atoms with Crippen molar-refractivity contribution < 1.29 is 9.53 Å². The molecule has 0 aromatic carbocycles. The molecule has 1 aromatic rings. The Kier molecular flexibility index (Phi) is 3.85. The minimum Gasteiger partial charge on any atom is -0.465 e. The molecule has 0 aliphatic carbocycles. The summed E-state index contributed by atoms with van der Waals surface area (Å²) in [5.74, 6) is -0.255. The highest BCUT2D eigenvalue weighted by Crippen LogP contribution is 2.17. The fraction of sp³-hybridized carbons (Fsp3) is 0.500. The van der Waals surface area contributed by atoms with Gasteiger partial charge in [-0.25, -0.2) is 4.79 Å². The molecule has 4 nitrogen and oxygen atoms in total. The number of esters is 1. The number of aromatic nitrogens is 1. The number of hydrogen-bond donors (Lipinski definition) is 1. The van der Waals surface area contributed by atoms with Gasteiger partial charge in [0.15, 0.2) is 0 Å². The summed E-state index contributed by atoms with van der Waals surface area (Å²) in [7, 11) is 1.72. The van der Waals surface area contributed by atoms with Gasteiger partial charge in [0.1, 0.15) is 6.04 Å². The van der Waals surface area contributed by atoms with E-state index >= 15 is 0 Å². The van der Waals surface area contributed by atoms with Crippen LogP contribution in [0.4, 0.5) is 0 Å². The Balaban J connectivity index is 2.68. The zero-order valence-corrected chi connectivity index (χ0v) is 8.43. The van der Waals surface area contributed by atoms with E-state index in [0.717, 1.165) is 4.88 Å². The number of ether oxygens (including phenoxy) is 1. The molecule has 0 saturated carbocycles. The van der Waals surface area contributed by atoms with Crippen molar-refractivity contribution in [2.45, 2.75) is 13.0 Å². The van der Waals surface area contributed by atoms with Gasteiger partial charge in [0.05, 0.1) is 17.0 Å². The molecule has 0 saturated heterocycles. The Labute approximate surface area is 80.9 Å². The molecule has 0 fully saturated rings. The van der Waals surface area contributed by atoms with Crippen LogP contribution in [0.5, 0.6) is 0 Å². The minimum absolute atomic E-state index is 0.255. The van der Waals surface area contributed by atoms with Gasteiger partial charge in [0.25, 0.3) is 0 Å². The van der Waals surface area contributed by atoms with Gasteiger partial charge in [-0.2, -0.15) is 0 Å². The second kappa shape index (κ2) is 4.94. The smallest absolute Gasteiger partial charge is 0.328 e. The lowest BCUT2D eigenvalue weighted by Gasteiger charge is -2.11. The van der Waals surface area contributed by atoms with Crippen molar-refractivity contribution in [3.8, 4) is 0 Å². The Bertz CT molecular complexity index is 261. The van der Waals surface area contributed by atoms with Crippen LogP contribution in [0.15, 0.2) is 11.7 Å². The summed E-state index contributed by atoms with van der Waals surface area (Å²) in [5, 5.41) is 2.88. The lowest BCUT2D eigenvalue weighted by atomic mass is 10.3. The van der Waals surface area contributed by atoms with Gasteiger partial charge in [0.2, 0.25) is 0 Å². The lowest BCUT2D eigenvalue weighted by molar-refractivity contribution is -0.145. The molecule has 0 aliphatic rings. The van der Waals surface area contributed by atoms with Gasteiger partial charge < -0.3 is 10.1 Å². The van der Waals surface area contributed by atoms with Crippen LogP contribution in [0.3, 0.4) is 0 Å². The van der Waals surface area contributed by atoms with Crippen LogP contribution in [0.25, 0.3) is 0 Å². The third kappa shape index (κ3) is 2.50. The van der Waals surface area contributed by atoms with Crippen molar-refractivity contribution in [2.24, 2.45) is 0 Å². The molecule has 0 spiro atoms. The molecular formula is C8H12N2O2S. The van der Waals surface area contributed by atoms with Gasteiger partial charge in [-0.3, -0.25) is 4.98 Å². The predicted octanol–water partition coefficient (Wildman–Crippen LogP) is 0.967. The van der Waals surface area contributed by atoms with E-state index in [1.807, 2.05) is 0 Å². The number of nitrogens with zero attached hydrogens (tertiary/aromatic N) is 1. The van der Waals surface area contributed by atoms with Crippen molar-refractivity contribution in [3.05, 3.63) is 16.6 Å². The first-order valence-electron chi connectivity index (χ1n) is 4.01. The average molecular weight is 200 g/mol. The van der Waals surface area contributed by atoms with Crippen LogP contribution in [-0.4, -0.2) is 24.6 Å². The molecule has 1 aromatic heterocycles. The van der Waals surface area contributed by atoms with E-state index in [0.29, 0.717) is 6.61 Å². The monoisotopic (exact) mass is 200 g/mol. The first-order valence-corrected chi connectivity index (χ1v) is 4.89. The van der Waals surface area contributed by atoms with Crippen LogP contribution in [-0.2, 0) is 9.53 Å². The van der Waals surface area contributed by atoms with Crippen molar-refractivity contribution in [1.29, 1.82) is 0 Å². The first-order chi connectivity index (χ1) is 6.29. The molecule has 1 rings (SSSR count). The van der Waals surface area contributed by atoms with E-state index < -0.39 is 0 Å². The average Bonchev–Trinajstić information content (AvgIpc) is 2.59. The number of carbonyl (C=O) groups excluding carboxylic acids is 1. The highest BCUT2D eigenvalue weighted by Gasteiger charge is 2.20. The van der Waals surface area contributed by atoms with Crippen LogP contribution in [0.2, 0.25) is 0 Å². The summed E-state index contributed by atoms with van der Waals surface area (Å²) in [5.41, 5.74) is 1.69. The third-order valence-corrected chi connectivity index (χ3v) is 2.39. The van der Waals surface area contributed by atoms with Gasteiger partial charge in [-0.05, 0) is 14.0 Å². The fourth-order valence-corrected chi connectivity index (χ4v) is 1.69. The maximum atomic E-state index is 11.4. The summed E-state index contributed by atoms with van der Waals surface area (Å²) in [4.78, 5) is 16.1. The highest BCUT2D eigenvalue weighted by atomic mass is 32.1. The Morgan fingerprint density at radius 1 is 1.85 bits per heavy atom. The Hall–Kier alpha value is -0.940. The largest absolute Gasteiger partial charge is 0.465 e. The molecule has 0 bridgehead atoms. The number of rotatable bonds is 4. The molecule has 0 amide bonds. The van der Waals surface area contributed by atoms with E-state index in [1.54, 1.807) is 25.7 Å². The predicted molar refractivity (Wildman–Crippen MR) is 50.5 cm³/mol. The molecular weight excluding hydrogens is 188 g/mol. The van der Waals surface area contributed by atoms with E-state index in [9.17, 15) is 4.79 Å². The van der Waals surface area contributed by atoms with E-state index in [2.05, 4.69) is 10.3 Å². The molecule has 1 heterocycles. The summed E-state index contributed by atoms with van der Waals surface area (Å²) in [6.45, 7) is 2.19. The Morgan fingerprint density at radius 3 is 3.08 bits per heavy atom. The van der Waals surface area contributed by atoms with Crippen LogP contribution in [0.1, 0.15) is 17.8 Å². The fourth-order valence-electron chi connectivity index (χ4n) is 0.970. The first kappa shape index (κ1) is 10.1. The van der Waals surface area contributed by atoms with E-state index in [1.165, 1.54) is 11.3 Å². The molecule has 13 heavy (non-hydrogen) atoms. The SMILES string of the molecule is CCOC(=O)C(NC)c1cncs1. The molecule has 1 unspecified atom stereocenters. The number of thiazole rings is 1. The molecule has 0 radical (unpaired) electrons. The maximum Gasteiger partial charge on any atom is 0.328 e. The number of carbonyl (C=O) groups is 1. The zero-order chi connectivity index (χ0) is 9.68. The normalized spacial score (nSPS) is 12.5. The van der Waals surface area contributed by atoms with E-state index in [4.69, 9.17) is 4.74 Å². The van der Waals surface area contributed by atoms with Gasteiger partial charge in [-0.1, -0.05) is 0 Å². The van der Waals surface area contributed by atoms with Crippen LogP contribution in [0, 0.1) is 0 Å². The van der Waals surface area contributed by atoms with E-state index in [-0.39, 0.29) is 12.0 Å². The van der Waals surface area contributed by atoms with Crippen LogP contribution < -0.4 is 5.32 Å². The molecule has 5 heteroatoms. The van der Waals surface area contributed by atoms with Gasteiger partial charge in [-0.15, -0.1) is 11.3 Å². The summed E-state index contributed by atoms with van der Waals surface area (Å²) < 4.78 is 4.90. The molecule has 1 atom stereocenters. The minimum atomic E-state index is -0.382. The highest BCUT2D eigenvalue weighted by molar-refractivity contribution is 7.09. The molecule has 72 valence electrons. The summed E-state index contributed by atoms with van der Waals surface area (Å²) >= 11 is 1.44. The second-order valence-corrected chi connectivity index (χ2v) is 3.30. The molecule has 1 N–H and O–H groups in total. The summed E-state index contributed by atoms with van der Waals surface area (Å²) in [6.07, 6.45) is 1.67. The van der Waals surface area contributed by atoms with Crippen LogP contribution >= 0.6 is 11.3 Å². The summed E-state index contributed by atoms with van der Waals surface area (Å²) in [6, 6.07) is -0.382. The maximum absolute atomic E-state index is 11.4. The van der Waals surface area contributed by atoms with Crippen molar-refractivity contribution in [2.75, 3.05) is 13.7 Å². The third-order valence-electron chi connectivity index (χ3n) is 1.55.